The lowest BCUT2D eigenvalue weighted by Gasteiger charge is -2.18. The number of ether oxygens (including phenoxy) is 2. The number of hydrogen-bond acceptors (Lipinski definition) is 4. The Balaban J connectivity index is 3.44. The quantitative estimate of drug-likeness (QED) is 0.406. The maximum absolute atomic E-state index is 11.6. The van der Waals surface area contributed by atoms with E-state index in [4.69, 9.17) is 9.47 Å². The summed E-state index contributed by atoms with van der Waals surface area (Å²) in [6.07, 6.45) is 0.888. The zero-order chi connectivity index (χ0) is 15.2. The molecule has 0 aliphatic heterocycles. The Hall–Kier alpha value is -0.923. The van der Waals surface area contributed by atoms with E-state index in [2.05, 4.69) is 15.6 Å². The topological polar surface area (TPSA) is 67.9 Å². The highest BCUT2D eigenvalue weighted by molar-refractivity contribution is 6.08. The fourth-order valence-corrected chi connectivity index (χ4v) is 1.65. The average molecular weight is 301 g/mol. The van der Waals surface area contributed by atoms with Crippen LogP contribution in [0.2, 0.25) is 6.04 Å². The first-order chi connectivity index (χ1) is 9.65. The number of amides is 2. The Morgan fingerprint density at radius 2 is 1.70 bits per heavy atom. The van der Waals surface area contributed by atoms with Gasteiger partial charge < -0.3 is 19.7 Å². The van der Waals surface area contributed by atoms with Gasteiger partial charge >= 0.3 is 0 Å². The molecule has 0 bridgehead atoms. The van der Waals surface area contributed by atoms with E-state index in [-0.39, 0.29) is 25.0 Å². The molecule has 0 atom stereocenters. The molecular weight excluding hydrogens is 276 g/mol. The van der Waals surface area contributed by atoms with Crippen LogP contribution in [0.3, 0.4) is 0 Å². The molecule has 0 spiro atoms. The van der Waals surface area contributed by atoms with Crippen molar-refractivity contribution >= 4 is 22.1 Å². The van der Waals surface area contributed by atoms with E-state index in [9.17, 15) is 9.59 Å². The van der Waals surface area contributed by atoms with Gasteiger partial charge in [-0.2, -0.15) is 0 Å². The molecule has 0 rings (SSSR count). The molecular formula is C13H25N2O4Si. The van der Waals surface area contributed by atoms with Crippen LogP contribution in [0.25, 0.3) is 0 Å². The molecule has 1 N–H and O–H groups in total. The summed E-state index contributed by atoms with van der Waals surface area (Å²) in [5.74, 6) is -0.160. The van der Waals surface area contributed by atoms with Gasteiger partial charge in [0.2, 0.25) is 11.8 Å². The molecule has 7 heteroatoms. The van der Waals surface area contributed by atoms with Crippen molar-refractivity contribution in [2.75, 3.05) is 46.1 Å². The third kappa shape index (κ3) is 9.94. The predicted octanol–water partition coefficient (Wildman–Crippen LogP) is -0.0189. The number of hydrogen-bond donors (Lipinski definition) is 1. The van der Waals surface area contributed by atoms with Crippen LogP contribution < -0.4 is 5.32 Å². The lowest BCUT2D eigenvalue weighted by molar-refractivity contribution is -0.137. The van der Waals surface area contributed by atoms with Crippen molar-refractivity contribution in [3.63, 3.8) is 0 Å². The number of nitrogens with zero attached hydrogens (tertiary/aromatic N) is 1. The first-order valence-corrected chi connectivity index (χ1v) is 7.70. The Morgan fingerprint density at radius 1 is 1.10 bits per heavy atom. The van der Waals surface area contributed by atoms with E-state index in [0.717, 1.165) is 12.5 Å². The molecule has 0 saturated heterocycles. The maximum Gasteiger partial charge on any atom is 0.248 e. The molecule has 3 radical (unpaired) electrons. The average Bonchev–Trinajstić information content (AvgIpc) is 2.44. The summed E-state index contributed by atoms with van der Waals surface area (Å²) in [7, 11) is 3.33. The fourth-order valence-electron chi connectivity index (χ4n) is 1.48. The van der Waals surface area contributed by atoms with E-state index in [1.165, 1.54) is 0 Å². The van der Waals surface area contributed by atoms with Gasteiger partial charge in [-0.15, -0.1) is 0 Å². The molecule has 0 fully saturated rings. The van der Waals surface area contributed by atoms with Crippen molar-refractivity contribution < 1.29 is 19.1 Å². The van der Waals surface area contributed by atoms with Crippen LogP contribution in [0.4, 0.5) is 0 Å². The van der Waals surface area contributed by atoms with Gasteiger partial charge in [0, 0.05) is 29.9 Å². The second kappa shape index (κ2) is 13.1. The van der Waals surface area contributed by atoms with Gasteiger partial charge in [0.1, 0.15) is 13.2 Å². The molecule has 0 unspecified atom stereocenters. The smallest absolute Gasteiger partial charge is 0.248 e. The second-order valence-corrected chi connectivity index (χ2v) is 4.62. The lowest BCUT2D eigenvalue weighted by atomic mass is 10.4. The molecule has 0 heterocycles. The standard InChI is InChI=1S/C13H25N2O4Si/c1-3-15(4-2)13(17)11-19-8-7-18-10-12(16)14-6-5-9-20/h3-11H2,1-2H3,(H,14,16). The highest BCUT2D eigenvalue weighted by Gasteiger charge is 2.08. The predicted molar refractivity (Wildman–Crippen MR) is 77.8 cm³/mol. The Kier molecular flexibility index (Phi) is 12.5. The van der Waals surface area contributed by atoms with Crippen molar-refractivity contribution in [3.8, 4) is 0 Å². The molecule has 0 aromatic heterocycles. The zero-order valence-corrected chi connectivity index (χ0v) is 13.4. The number of carbonyl (C=O) groups excluding carboxylic acids is 2. The van der Waals surface area contributed by atoms with Gasteiger partial charge in [0.05, 0.1) is 13.2 Å². The van der Waals surface area contributed by atoms with E-state index in [0.29, 0.717) is 32.8 Å². The molecule has 6 nitrogen and oxygen atoms in total. The van der Waals surface area contributed by atoms with Crippen molar-refractivity contribution in [1.82, 2.24) is 10.2 Å². The largest absolute Gasteiger partial charge is 0.369 e. The van der Waals surface area contributed by atoms with Crippen LogP contribution in [-0.2, 0) is 19.1 Å². The minimum absolute atomic E-state index is 0.0229. The maximum atomic E-state index is 11.6. The Bertz CT molecular complexity index is 273. The van der Waals surface area contributed by atoms with Gasteiger partial charge in [0.15, 0.2) is 0 Å². The van der Waals surface area contributed by atoms with Crippen LogP contribution in [-0.4, -0.2) is 73.0 Å². The Labute approximate surface area is 124 Å². The van der Waals surface area contributed by atoms with E-state index >= 15 is 0 Å². The summed E-state index contributed by atoms with van der Waals surface area (Å²) in [5, 5.41) is 2.73. The lowest BCUT2D eigenvalue weighted by Crippen LogP contribution is -2.34. The van der Waals surface area contributed by atoms with Gasteiger partial charge in [-0.3, -0.25) is 9.59 Å². The molecule has 2 amide bonds. The fraction of sp³-hybridized carbons (Fsp3) is 0.846. The minimum atomic E-state index is -0.135. The molecule has 0 aliphatic rings. The summed E-state index contributed by atoms with van der Waals surface area (Å²) >= 11 is 0. The Morgan fingerprint density at radius 3 is 2.25 bits per heavy atom. The number of carbonyl (C=O) groups is 2. The van der Waals surface area contributed by atoms with Crippen LogP contribution in [0, 0.1) is 0 Å². The van der Waals surface area contributed by atoms with E-state index in [1.807, 2.05) is 13.8 Å². The van der Waals surface area contributed by atoms with Gasteiger partial charge in [-0.1, -0.05) is 6.04 Å². The van der Waals surface area contributed by atoms with Gasteiger partial charge in [0.25, 0.3) is 0 Å². The summed E-state index contributed by atoms with van der Waals surface area (Å²) in [6.45, 7) is 6.56. The third-order valence-corrected chi connectivity index (χ3v) is 2.98. The summed E-state index contributed by atoms with van der Waals surface area (Å²) in [4.78, 5) is 24.6. The van der Waals surface area contributed by atoms with Crippen LogP contribution in [0.15, 0.2) is 0 Å². The van der Waals surface area contributed by atoms with E-state index < -0.39 is 0 Å². The number of likely N-dealkylation sites (N-methyl/N-ethyl adjacent to an activating group) is 1. The monoisotopic (exact) mass is 301 g/mol. The van der Waals surface area contributed by atoms with Crippen LogP contribution in [0.5, 0.6) is 0 Å². The molecule has 115 valence electrons. The van der Waals surface area contributed by atoms with Crippen LogP contribution >= 0.6 is 0 Å². The van der Waals surface area contributed by atoms with E-state index in [1.54, 1.807) is 4.90 Å². The van der Waals surface area contributed by atoms with Gasteiger partial charge in [-0.25, -0.2) is 0 Å². The summed E-state index contributed by atoms with van der Waals surface area (Å²) in [6, 6.07) is 0.857. The zero-order valence-electron chi connectivity index (χ0n) is 12.4. The molecule has 0 saturated carbocycles. The molecule has 0 aromatic carbocycles. The second-order valence-electron chi connectivity index (χ2n) is 4.12. The van der Waals surface area contributed by atoms with Crippen molar-refractivity contribution in [3.05, 3.63) is 0 Å². The first kappa shape index (κ1) is 19.1. The van der Waals surface area contributed by atoms with Crippen molar-refractivity contribution in [1.29, 1.82) is 0 Å². The highest BCUT2D eigenvalue weighted by atomic mass is 28.1. The number of rotatable bonds is 12. The summed E-state index contributed by atoms with van der Waals surface area (Å²) in [5.41, 5.74) is 0. The third-order valence-electron chi connectivity index (χ3n) is 2.62. The highest BCUT2D eigenvalue weighted by Crippen LogP contribution is 1.90. The first-order valence-electron chi connectivity index (χ1n) is 7.00. The minimum Gasteiger partial charge on any atom is -0.369 e. The number of nitrogens with one attached hydrogen (secondary N) is 1. The van der Waals surface area contributed by atoms with Crippen molar-refractivity contribution in [2.45, 2.75) is 26.3 Å². The van der Waals surface area contributed by atoms with Crippen molar-refractivity contribution in [2.24, 2.45) is 0 Å². The van der Waals surface area contributed by atoms with Gasteiger partial charge in [-0.05, 0) is 20.3 Å². The SMILES string of the molecule is CCN(CC)C(=O)COCCOCC(=O)NCCC[Si]. The summed E-state index contributed by atoms with van der Waals surface area (Å²) < 4.78 is 10.4. The molecule has 20 heavy (non-hydrogen) atoms. The molecule has 0 aliphatic carbocycles. The molecule has 0 aromatic rings. The normalized spacial score (nSPS) is 10.3. The van der Waals surface area contributed by atoms with Crippen LogP contribution in [0.1, 0.15) is 20.3 Å².